The van der Waals surface area contributed by atoms with Crippen LogP contribution in [0.2, 0.25) is 0 Å². The molecule has 1 saturated carbocycles. The van der Waals surface area contributed by atoms with Crippen LogP contribution in [0.25, 0.3) is 0 Å². The van der Waals surface area contributed by atoms with Crippen LogP contribution in [0.1, 0.15) is 58.3 Å². The van der Waals surface area contributed by atoms with Gasteiger partial charge in [0.1, 0.15) is 0 Å². The van der Waals surface area contributed by atoms with Gasteiger partial charge >= 0.3 is 0 Å². The fraction of sp³-hybridized carbons (Fsp3) is 0.875. The summed E-state index contributed by atoms with van der Waals surface area (Å²) in [6.07, 6.45) is 7.34. The summed E-state index contributed by atoms with van der Waals surface area (Å²) < 4.78 is 0. The Morgan fingerprint density at radius 2 is 2.19 bits per heavy atom. The molecular formula is C16H28N2O3. The molecule has 2 atom stereocenters. The molecule has 120 valence electrons. The Balaban J connectivity index is 1.91. The number of aliphatic hydroxyl groups excluding tert-OH is 1. The van der Waals surface area contributed by atoms with Crippen molar-refractivity contribution in [2.24, 2.45) is 5.92 Å². The molecule has 1 aliphatic heterocycles. The van der Waals surface area contributed by atoms with Crippen molar-refractivity contribution >= 4 is 11.8 Å². The quantitative estimate of drug-likeness (QED) is 0.825. The summed E-state index contributed by atoms with van der Waals surface area (Å²) in [5.41, 5.74) is -0.482. The van der Waals surface area contributed by atoms with Crippen LogP contribution in [0.3, 0.4) is 0 Å². The molecule has 0 aromatic carbocycles. The van der Waals surface area contributed by atoms with Gasteiger partial charge in [0.15, 0.2) is 0 Å². The summed E-state index contributed by atoms with van der Waals surface area (Å²) in [7, 11) is 0. The van der Waals surface area contributed by atoms with E-state index >= 15 is 0 Å². The second-order valence-electron chi connectivity index (χ2n) is 6.81. The molecule has 2 rings (SSSR count). The lowest BCUT2D eigenvalue weighted by Crippen LogP contribution is -2.56. The maximum atomic E-state index is 12.3. The van der Waals surface area contributed by atoms with E-state index in [1.54, 1.807) is 4.90 Å². The Bertz CT molecular complexity index is 386. The second kappa shape index (κ2) is 7.25. The number of carbonyl (C=O) groups excluding carboxylic acids is 2. The number of nitrogens with one attached hydrogen (secondary N) is 1. The highest BCUT2D eigenvalue weighted by atomic mass is 16.3. The van der Waals surface area contributed by atoms with E-state index in [9.17, 15) is 14.7 Å². The summed E-state index contributed by atoms with van der Waals surface area (Å²) in [6, 6.07) is 0. The second-order valence-corrected chi connectivity index (χ2v) is 6.81. The van der Waals surface area contributed by atoms with Gasteiger partial charge in [-0.2, -0.15) is 0 Å². The summed E-state index contributed by atoms with van der Waals surface area (Å²) in [5, 5.41) is 12.7. The molecule has 0 aromatic heterocycles. The van der Waals surface area contributed by atoms with Crippen LogP contribution in [-0.4, -0.2) is 47.1 Å². The number of rotatable bonds is 4. The summed E-state index contributed by atoms with van der Waals surface area (Å²) >= 11 is 0. The predicted molar refractivity (Wildman–Crippen MR) is 80.6 cm³/mol. The van der Waals surface area contributed by atoms with Crippen LogP contribution in [0.15, 0.2) is 0 Å². The highest BCUT2D eigenvalue weighted by Crippen LogP contribution is 2.31. The molecule has 21 heavy (non-hydrogen) atoms. The first-order chi connectivity index (χ1) is 10.0. The van der Waals surface area contributed by atoms with Gasteiger partial charge in [-0.1, -0.05) is 26.2 Å². The van der Waals surface area contributed by atoms with Crippen LogP contribution in [-0.2, 0) is 9.59 Å². The topological polar surface area (TPSA) is 69.6 Å². The molecule has 2 unspecified atom stereocenters. The van der Waals surface area contributed by atoms with Gasteiger partial charge in [0.05, 0.1) is 18.7 Å². The third-order valence-corrected chi connectivity index (χ3v) is 4.80. The molecule has 5 nitrogen and oxygen atoms in total. The lowest BCUT2D eigenvalue weighted by atomic mass is 9.77. The number of aliphatic hydroxyl groups is 1. The summed E-state index contributed by atoms with van der Waals surface area (Å²) in [5.74, 6) is 0.470. The van der Waals surface area contributed by atoms with Crippen molar-refractivity contribution in [2.75, 3.05) is 19.7 Å². The lowest BCUT2D eigenvalue weighted by molar-refractivity contribution is -0.136. The number of amides is 2. The first-order valence-corrected chi connectivity index (χ1v) is 8.24. The third-order valence-electron chi connectivity index (χ3n) is 4.80. The van der Waals surface area contributed by atoms with Crippen LogP contribution in [0, 0.1) is 5.92 Å². The van der Waals surface area contributed by atoms with Gasteiger partial charge in [0, 0.05) is 13.0 Å². The molecule has 5 heteroatoms. The van der Waals surface area contributed by atoms with Crippen molar-refractivity contribution in [3.63, 3.8) is 0 Å². The predicted octanol–water partition coefficient (Wildman–Crippen LogP) is 1.45. The number of carbonyl (C=O) groups is 2. The highest BCUT2D eigenvalue weighted by Gasteiger charge is 2.36. The molecule has 0 radical (unpaired) electrons. The van der Waals surface area contributed by atoms with Gasteiger partial charge < -0.3 is 15.3 Å². The van der Waals surface area contributed by atoms with E-state index < -0.39 is 5.54 Å². The van der Waals surface area contributed by atoms with E-state index in [0.717, 1.165) is 44.9 Å². The number of likely N-dealkylation sites (tertiary alicyclic amines) is 1. The van der Waals surface area contributed by atoms with Gasteiger partial charge in [-0.25, -0.2) is 0 Å². The monoisotopic (exact) mass is 296 g/mol. The minimum absolute atomic E-state index is 0.0168. The summed E-state index contributed by atoms with van der Waals surface area (Å²) in [4.78, 5) is 25.9. The molecule has 0 spiro atoms. The van der Waals surface area contributed by atoms with Crippen LogP contribution >= 0.6 is 0 Å². The average Bonchev–Trinajstić information content (AvgIpc) is 2.64. The molecule has 1 heterocycles. The van der Waals surface area contributed by atoms with E-state index in [4.69, 9.17) is 0 Å². The molecule has 2 N–H and O–H groups in total. The zero-order chi connectivity index (χ0) is 15.3. The Labute approximate surface area is 127 Å². The van der Waals surface area contributed by atoms with Gasteiger partial charge in [-0.3, -0.25) is 9.59 Å². The van der Waals surface area contributed by atoms with Gasteiger partial charge in [0.2, 0.25) is 11.8 Å². The normalized spacial score (nSPS) is 30.9. The van der Waals surface area contributed by atoms with E-state index in [2.05, 4.69) is 12.2 Å². The van der Waals surface area contributed by atoms with E-state index in [-0.39, 0.29) is 25.0 Å². The first kappa shape index (κ1) is 16.3. The van der Waals surface area contributed by atoms with E-state index in [1.165, 1.54) is 0 Å². The zero-order valence-corrected chi connectivity index (χ0v) is 13.1. The Morgan fingerprint density at radius 1 is 1.38 bits per heavy atom. The lowest BCUT2D eigenvalue weighted by Gasteiger charge is -2.39. The van der Waals surface area contributed by atoms with Gasteiger partial charge in [0.25, 0.3) is 0 Å². The minimum Gasteiger partial charge on any atom is -0.394 e. The first-order valence-electron chi connectivity index (χ1n) is 8.24. The van der Waals surface area contributed by atoms with Crippen LogP contribution in [0.4, 0.5) is 0 Å². The third kappa shape index (κ3) is 4.43. The van der Waals surface area contributed by atoms with Crippen molar-refractivity contribution in [3.05, 3.63) is 0 Å². The fourth-order valence-electron chi connectivity index (χ4n) is 3.67. The highest BCUT2D eigenvalue weighted by molar-refractivity contribution is 5.85. The zero-order valence-electron chi connectivity index (χ0n) is 13.1. The molecule has 2 aliphatic rings. The summed E-state index contributed by atoms with van der Waals surface area (Å²) in [6.45, 7) is 2.95. The molecule has 1 saturated heterocycles. The Hall–Kier alpha value is -1.10. The number of nitrogens with zero attached hydrogens (tertiary/aromatic N) is 1. The average molecular weight is 296 g/mol. The minimum atomic E-state index is -0.482. The number of hydrogen-bond acceptors (Lipinski definition) is 3. The molecule has 0 bridgehead atoms. The van der Waals surface area contributed by atoms with Gasteiger partial charge in [-0.05, 0) is 31.6 Å². The van der Waals surface area contributed by atoms with E-state index in [1.807, 2.05) is 0 Å². The van der Waals surface area contributed by atoms with E-state index in [0.29, 0.717) is 18.9 Å². The van der Waals surface area contributed by atoms with Crippen LogP contribution in [0.5, 0.6) is 0 Å². The molecular weight excluding hydrogens is 268 g/mol. The maximum absolute atomic E-state index is 12.3. The van der Waals surface area contributed by atoms with Crippen molar-refractivity contribution in [3.8, 4) is 0 Å². The number of hydrogen-bond donors (Lipinski definition) is 2. The van der Waals surface area contributed by atoms with Crippen molar-refractivity contribution in [2.45, 2.75) is 63.8 Å². The van der Waals surface area contributed by atoms with Crippen molar-refractivity contribution in [1.82, 2.24) is 10.2 Å². The fourth-order valence-corrected chi connectivity index (χ4v) is 3.67. The maximum Gasteiger partial charge on any atom is 0.240 e. The molecule has 0 aromatic rings. The smallest absolute Gasteiger partial charge is 0.240 e. The molecule has 2 amide bonds. The van der Waals surface area contributed by atoms with Crippen molar-refractivity contribution in [1.29, 1.82) is 0 Å². The molecule has 2 fully saturated rings. The Kier molecular flexibility index (Phi) is 5.62. The largest absolute Gasteiger partial charge is 0.394 e. The molecule has 1 aliphatic carbocycles. The van der Waals surface area contributed by atoms with Crippen LogP contribution < -0.4 is 5.32 Å². The SMILES string of the molecule is CC1CCCC(CO)(NC(=O)CN2CCCCCC2=O)C1. The Morgan fingerprint density at radius 3 is 2.90 bits per heavy atom. The standard InChI is InChI=1S/C16H28N2O3/c1-13-6-5-8-16(10-13,12-19)17-14(20)11-18-9-4-2-3-7-15(18)21/h13,19H,2-12H2,1H3,(H,17,20). The van der Waals surface area contributed by atoms with Gasteiger partial charge in [-0.15, -0.1) is 0 Å². The van der Waals surface area contributed by atoms with Crippen molar-refractivity contribution < 1.29 is 14.7 Å².